The van der Waals surface area contributed by atoms with E-state index < -0.39 is 6.04 Å². The molecule has 132 valence electrons. The first kappa shape index (κ1) is 17.6. The number of carbonyl (C=O) groups excluding carboxylic acids is 1. The van der Waals surface area contributed by atoms with E-state index in [-0.39, 0.29) is 5.91 Å². The molecule has 1 N–H and O–H groups in total. The molecule has 0 saturated carbocycles. The van der Waals surface area contributed by atoms with Gasteiger partial charge in [-0.15, -0.1) is 0 Å². The van der Waals surface area contributed by atoms with Crippen LogP contribution in [-0.4, -0.2) is 53.1 Å². The van der Waals surface area contributed by atoms with Gasteiger partial charge in [-0.2, -0.15) is 0 Å². The Balaban J connectivity index is 1.81. The number of rotatable bonds is 5. The molecule has 2 aromatic rings. The molecule has 7 heteroatoms. The highest BCUT2D eigenvalue weighted by Gasteiger charge is 2.26. The molecule has 1 amide bonds. The number of benzene rings is 1. The lowest BCUT2D eigenvalue weighted by atomic mass is 10.0. The number of aryl methyl sites for hydroxylation is 1. The van der Waals surface area contributed by atoms with Crippen molar-refractivity contribution >= 4 is 23.3 Å². The summed E-state index contributed by atoms with van der Waals surface area (Å²) in [6, 6.07) is 11.1. The van der Waals surface area contributed by atoms with Gasteiger partial charge in [0.15, 0.2) is 0 Å². The lowest BCUT2D eigenvalue weighted by Gasteiger charge is -2.31. The Hall–Kier alpha value is -2.18. The van der Waals surface area contributed by atoms with Gasteiger partial charge in [0.1, 0.15) is 22.8 Å². The second-order valence-corrected chi connectivity index (χ2v) is 6.33. The van der Waals surface area contributed by atoms with Crippen molar-refractivity contribution in [2.75, 3.05) is 31.6 Å². The van der Waals surface area contributed by atoms with E-state index in [1.54, 1.807) is 13.0 Å². The molecule has 0 spiro atoms. The summed E-state index contributed by atoms with van der Waals surface area (Å²) >= 11 is 6.02. The normalized spacial score (nSPS) is 15.7. The number of nitrogens with zero attached hydrogens (tertiary/aromatic N) is 3. The van der Waals surface area contributed by atoms with E-state index in [1.807, 2.05) is 35.2 Å². The number of anilines is 1. The average molecular weight is 361 g/mol. The molecule has 1 aromatic carbocycles. The molecule has 25 heavy (non-hydrogen) atoms. The number of carbonyl (C=O) groups is 1. The molecular weight excluding hydrogens is 340 g/mol. The second kappa shape index (κ2) is 8.27. The van der Waals surface area contributed by atoms with Crippen LogP contribution < -0.4 is 5.32 Å². The smallest absolute Gasteiger partial charge is 0.245 e. The van der Waals surface area contributed by atoms with Crippen LogP contribution in [0, 0.1) is 6.92 Å². The summed E-state index contributed by atoms with van der Waals surface area (Å²) in [7, 11) is 0. The lowest BCUT2D eigenvalue weighted by Crippen LogP contribution is -2.48. The molecule has 1 aliphatic rings. The number of ether oxygens (including phenoxy) is 1. The highest BCUT2D eigenvalue weighted by molar-refractivity contribution is 6.29. The van der Waals surface area contributed by atoms with E-state index in [0.717, 1.165) is 5.56 Å². The SMILES string of the molecule is Cc1nc(Cl)cc(NC(Cc2ccccc2)C(=O)N2CCOCC2)n1. The average Bonchev–Trinajstić information content (AvgIpc) is 2.61. The van der Waals surface area contributed by atoms with Crippen molar-refractivity contribution in [2.45, 2.75) is 19.4 Å². The Morgan fingerprint density at radius 3 is 2.68 bits per heavy atom. The van der Waals surface area contributed by atoms with E-state index in [2.05, 4.69) is 15.3 Å². The summed E-state index contributed by atoms with van der Waals surface area (Å²) in [5.74, 6) is 1.16. The zero-order chi connectivity index (χ0) is 17.6. The van der Waals surface area contributed by atoms with Gasteiger partial charge < -0.3 is 15.0 Å². The molecule has 1 unspecified atom stereocenters. The lowest BCUT2D eigenvalue weighted by molar-refractivity contribution is -0.136. The number of nitrogens with one attached hydrogen (secondary N) is 1. The van der Waals surface area contributed by atoms with Gasteiger partial charge >= 0.3 is 0 Å². The van der Waals surface area contributed by atoms with Crippen LogP contribution in [0.1, 0.15) is 11.4 Å². The minimum atomic E-state index is -0.425. The van der Waals surface area contributed by atoms with Crippen LogP contribution in [0.25, 0.3) is 0 Å². The van der Waals surface area contributed by atoms with Crippen molar-refractivity contribution in [3.63, 3.8) is 0 Å². The molecule has 1 fully saturated rings. The number of hydrogen-bond donors (Lipinski definition) is 1. The highest BCUT2D eigenvalue weighted by atomic mass is 35.5. The number of hydrogen-bond acceptors (Lipinski definition) is 5. The van der Waals surface area contributed by atoms with Gasteiger partial charge in [0.25, 0.3) is 0 Å². The van der Waals surface area contributed by atoms with Gasteiger partial charge in [0, 0.05) is 25.6 Å². The fourth-order valence-electron chi connectivity index (χ4n) is 2.84. The van der Waals surface area contributed by atoms with Crippen LogP contribution in [0.3, 0.4) is 0 Å². The van der Waals surface area contributed by atoms with Gasteiger partial charge in [-0.1, -0.05) is 41.9 Å². The molecule has 2 heterocycles. The van der Waals surface area contributed by atoms with Crippen molar-refractivity contribution < 1.29 is 9.53 Å². The first-order chi connectivity index (χ1) is 12.1. The molecule has 0 aliphatic carbocycles. The minimum absolute atomic E-state index is 0.0412. The molecular formula is C18H21ClN4O2. The van der Waals surface area contributed by atoms with Crippen LogP contribution in [0.15, 0.2) is 36.4 Å². The van der Waals surface area contributed by atoms with E-state index >= 15 is 0 Å². The zero-order valence-corrected chi connectivity index (χ0v) is 14.9. The maximum absolute atomic E-state index is 13.0. The van der Waals surface area contributed by atoms with Gasteiger partial charge in [-0.3, -0.25) is 4.79 Å². The maximum Gasteiger partial charge on any atom is 0.245 e. The molecule has 1 saturated heterocycles. The fraction of sp³-hybridized carbons (Fsp3) is 0.389. The monoisotopic (exact) mass is 360 g/mol. The number of halogens is 1. The second-order valence-electron chi connectivity index (χ2n) is 5.95. The summed E-state index contributed by atoms with van der Waals surface area (Å²) < 4.78 is 5.35. The predicted molar refractivity (Wildman–Crippen MR) is 96.7 cm³/mol. The Morgan fingerprint density at radius 2 is 2.00 bits per heavy atom. The van der Waals surface area contributed by atoms with Gasteiger partial charge in [-0.25, -0.2) is 9.97 Å². The maximum atomic E-state index is 13.0. The van der Waals surface area contributed by atoms with Crippen LogP contribution in [0.4, 0.5) is 5.82 Å². The predicted octanol–water partition coefficient (Wildman–Crippen LogP) is 2.32. The van der Waals surface area contributed by atoms with Crippen LogP contribution >= 0.6 is 11.6 Å². The molecule has 1 aliphatic heterocycles. The molecule has 0 bridgehead atoms. The third-order valence-electron chi connectivity index (χ3n) is 4.03. The molecule has 0 radical (unpaired) electrons. The Morgan fingerprint density at radius 1 is 1.28 bits per heavy atom. The third-order valence-corrected chi connectivity index (χ3v) is 4.23. The first-order valence-corrected chi connectivity index (χ1v) is 8.68. The fourth-order valence-corrected chi connectivity index (χ4v) is 3.06. The van der Waals surface area contributed by atoms with E-state index in [0.29, 0.717) is 49.5 Å². The Labute approximate surface area is 152 Å². The summed E-state index contributed by atoms with van der Waals surface area (Å²) in [5, 5.41) is 3.59. The molecule has 1 aromatic heterocycles. The third kappa shape index (κ3) is 4.90. The van der Waals surface area contributed by atoms with E-state index in [1.165, 1.54) is 0 Å². The number of morpholine rings is 1. The summed E-state index contributed by atoms with van der Waals surface area (Å²) in [4.78, 5) is 23.2. The standard InChI is InChI=1S/C18H21ClN4O2/c1-13-20-16(19)12-17(21-13)22-15(11-14-5-3-2-4-6-14)18(24)23-7-9-25-10-8-23/h2-6,12,15H,7-11H2,1H3,(H,20,21,22). The zero-order valence-electron chi connectivity index (χ0n) is 14.1. The highest BCUT2D eigenvalue weighted by Crippen LogP contribution is 2.16. The van der Waals surface area contributed by atoms with Crippen molar-refractivity contribution in [1.29, 1.82) is 0 Å². The quantitative estimate of drug-likeness (QED) is 0.829. The number of aromatic nitrogens is 2. The number of amides is 1. The van der Waals surface area contributed by atoms with Crippen molar-refractivity contribution in [3.8, 4) is 0 Å². The van der Waals surface area contributed by atoms with E-state index in [4.69, 9.17) is 16.3 Å². The summed E-state index contributed by atoms with van der Waals surface area (Å²) in [5.41, 5.74) is 1.08. The summed E-state index contributed by atoms with van der Waals surface area (Å²) in [6.07, 6.45) is 0.567. The topological polar surface area (TPSA) is 67.4 Å². The Kier molecular flexibility index (Phi) is 5.83. The first-order valence-electron chi connectivity index (χ1n) is 8.30. The molecule has 3 rings (SSSR count). The largest absolute Gasteiger partial charge is 0.378 e. The minimum Gasteiger partial charge on any atom is -0.378 e. The van der Waals surface area contributed by atoms with Crippen LogP contribution in [0.5, 0.6) is 0 Å². The summed E-state index contributed by atoms with van der Waals surface area (Å²) in [6.45, 7) is 4.13. The Bertz CT molecular complexity index is 700. The van der Waals surface area contributed by atoms with Crippen molar-refractivity contribution in [1.82, 2.24) is 14.9 Å². The van der Waals surface area contributed by atoms with E-state index in [9.17, 15) is 4.79 Å². The molecule has 6 nitrogen and oxygen atoms in total. The van der Waals surface area contributed by atoms with Gasteiger partial charge in [-0.05, 0) is 12.5 Å². The van der Waals surface area contributed by atoms with Crippen LogP contribution in [-0.2, 0) is 16.0 Å². The van der Waals surface area contributed by atoms with Gasteiger partial charge in [0.2, 0.25) is 5.91 Å². The van der Waals surface area contributed by atoms with Gasteiger partial charge in [0.05, 0.1) is 13.2 Å². The van der Waals surface area contributed by atoms with Crippen molar-refractivity contribution in [3.05, 3.63) is 52.9 Å². The van der Waals surface area contributed by atoms with Crippen molar-refractivity contribution in [2.24, 2.45) is 0 Å². The molecule has 1 atom stereocenters. The van der Waals surface area contributed by atoms with Crippen LogP contribution in [0.2, 0.25) is 5.15 Å².